The third-order valence-electron chi connectivity index (χ3n) is 5.82. The number of hydrogen-bond donors (Lipinski definition) is 0. The molecule has 2 aromatic carbocycles. The van der Waals surface area contributed by atoms with Gasteiger partial charge in [-0.1, -0.05) is 29.3 Å². The minimum absolute atomic E-state index is 0.0381. The number of thiophene rings is 1. The van der Waals surface area contributed by atoms with Gasteiger partial charge in [0, 0.05) is 42.3 Å². The summed E-state index contributed by atoms with van der Waals surface area (Å²) >= 11 is 7.55. The molecule has 5 rings (SSSR count). The van der Waals surface area contributed by atoms with Crippen molar-refractivity contribution < 1.29 is 9.21 Å². The van der Waals surface area contributed by atoms with Crippen LogP contribution in [0.2, 0.25) is 5.02 Å². The number of benzene rings is 2. The Morgan fingerprint density at radius 3 is 2.55 bits per heavy atom. The number of aryl methyl sites for hydroxylation is 2. The van der Waals surface area contributed by atoms with Crippen molar-refractivity contribution in [3.05, 3.63) is 73.9 Å². The molecule has 31 heavy (non-hydrogen) atoms. The molecule has 0 atom stereocenters. The SMILES string of the molecule is Cc1ccc2oc(=O)c3cc(C(=O)N4CCN(c5cc(Cl)ccc5C)CC4)sc3c2c1. The summed E-state index contributed by atoms with van der Waals surface area (Å²) < 4.78 is 6.27. The topological polar surface area (TPSA) is 53.8 Å². The van der Waals surface area contributed by atoms with E-state index in [-0.39, 0.29) is 5.91 Å². The molecule has 0 aliphatic carbocycles. The molecule has 4 aromatic rings. The van der Waals surface area contributed by atoms with Crippen LogP contribution >= 0.6 is 22.9 Å². The van der Waals surface area contributed by atoms with Gasteiger partial charge in [-0.25, -0.2) is 4.79 Å². The summed E-state index contributed by atoms with van der Waals surface area (Å²) in [5, 5.41) is 2.06. The van der Waals surface area contributed by atoms with E-state index in [1.54, 1.807) is 6.07 Å². The Bertz CT molecular complexity index is 1380. The molecule has 1 aliphatic rings. The summed E-state index contributed by atoms with van der Waals surface area (Å²) in [5.41, 5.74) is 3.51. The number of hydrogen-bond acceptors (Lipinski definition) is 5. The predicted octanol–water partition coefficient (Wildman–Crippen LogP) is 5.24. The van der Waals surface area contributed by atoms with Crippen molar-refractivity contribution in [3.8, 4) is 0 Å². The summed E-state index contributed by atoms with van der Waals surface area (Å²) in [7, 11) is 0. The van der Waals surface area contributed by atoms with E-state index in [4.69, 9.17) is 16.0 Å². The van der Waals surface area contributed by atoms with Crippen LogP contribution < -0.4 is 10.5 Å². The van der Waals surface area contributed by atoms with E-state index in [2.05, 4.69) is 11.8 Å². The number of amides is 1. The number of rotatable bonds is 2. The van der Waals surface area contributed by atoms with Crippen molar-refractivity contribution in [3.63, 3.8) is 0 Å². The van der Waals surface area contributed by atoms with Crippen LogP contribution in [0.25, 0.3) is 21.1 Å². The maximum atomic E-state index is 13.2. The number of carbonyl (C=O) groups is 1. The van der Waals surface area contributed by atoms with Crippen molar-refractivity contribution in [1.82, 2.24) is 4.90 Å². The molecule has 0 N–H and O–H groups in total. The highest BCUT2D eigenvalue weighted by atomic mass is 35.5. The summed E-state index contributed by atoms with van der Waals surface area (Å²) in [4.78, 5) is 30.4. The van der Waals surface area contributed by atoms with E-state index >= 15 is 0 Å². The number of anilines is 1. The van der Waals surface area contributed by atoms with Crippen molar-refractivity contribution in [1.29, 1.82) is 0 Å². The first-order chi connectivity index (χ1) is 14.9. The lowest BCUT2D eigenvalue weighted by molar-refractivity contribution is 0.0751. The lowest BCUT2D eigenvalue weighted by Crippen LogP contribution is -2.48. The molecule has 0 saturated carbocycles. The Hall–Kier alpha value is -2.83. The zero-order valence-electron chi connectivity index (χ0n) is 17.3. The quantitative estimate of drug-likeness (QED) is 0.390. The molecule has 7 heteroatoms. The lowest BCUT2D eigenvalue weighted by atomic mass is 10.1. The molecule has 3 heterocycles. The molecule has 0 bridgehead atoms. The van der Waals surface area contributed by atoms with Crippen LogP contribution in [0.3, 0.4) is 0 Å². The van der Waals surface area contributed by atoms with E-state index in [1.807, 2.05) is 48.2 Å². The second kappa shape index (κ2) is 7.70. The monoisotopic (exact) mass is 452 g/mol. The summed E-state index contributed by atoms with van der Waals surface area (Å²) in [6.07, 6.45) is 0. The van der Waals surface area contributed by atoms with Gasteiger partial charge in [-0.15, -0.1) is 11.3 Å². The Morgan fingerprint density at radius 2 is 1.77 bits per heavy atom. The van der Waals surface area contributed by atoms with Gasteiger partial charge in [-0.3, -0.25) is 4.79 Å². The van der Waals surface area contributed by atoms with Crippen LogP contribution in [-0.4, -0.2) is 37.0 Å². The zero-order valence-corrected chi connectivity index (χ0v) is 18.8. The summed E-state index contributed by atoms with van der Waals surface area (Å²) in [6.45, 7) is 6.78. The average molecular weight is 453 g/mol. The van der Waals surface area contributed by atoms with Gasteiger partial charge in [0.2, 0.25) is 0 Å². The van der Waals surface area contributed by atoms with Crippen molar-refractivity contribution in [2.45, 2.75) is 13.8 Å². The highest BCUT2D eigenvalue weighted by Crippen LogP contribution is 2.32. The largest absolute Gasteiger partial charge is 0.422 e. The first-order valence-electron chi connectivity index (χ1n) is 10.2. The van der Waals surface area contributed by atoms with Crippen molar-refractivity contribution in [2.75, 3.05) is 31.1 Å². The van der Waals surface area contributed by atoms with Gasteiger partial charge in [0.15, 0.2) is 0 Å². The third kappa shape index (κ3) is 3.60. The molecule has 1 saturated heterocycles. The fraction of sp³-hybridized carbons (Fsp3) is 0.250. The Labute approximate surface area is 188 Å². The second-order valence-corrected chi connectivity index (χ2v) is 9.44. The van der Waals surface area contributed by atoms with Crippen LogP contribution in [0.5, 0.6) is 0 Å². The fourth-order valence-electron chi connectivity index (χ4n) is 4.14. The molecule has 0 radical (unpaired) electrons. The molecule has 1 amide bonds. The lowest BCUT2D eigenvalue weighted by Gasteiger charge is -2.36. The fourth-order valence-corrected chi connectivity index (χ4v) is 5.44. The Kier molecular flexibility index (Phi) is 4.99. The van der Waals surface area contributed by atoms with Gasteiger partial charge in [-0.05, 0) is 49.7 Å². The molecule has 2 aromatic heterocycles. The van der Waals surface area contributed by atoms with E-state index in [0.717, 1.165) is 34.4 Å². The maximum Gasteiger partial charge on any atom is 0.345 e. The van der Waals surface area contributed by atoms with Gasteiger partial charge >= 0.3 is 5.63 Å². The molecular formula is C24H21ClN2O3S. The van der Waals surface area contributed by atoms with Crippen molar-refractivity contribution >= 4 is 55.6 Å². The molecule has 158 valence electrons. The summed E-state index contributed by atoms with van der Waals surface area (Å²) in [5.74, 6) is -0.0381. The van der Waals surface area contributed by atoms with Crippen LogP contribution in [0, 0.1) is 13.8 Å². The van der Waals surface area contributed by atoms with Crippen LogP contribution in [-0.2, 0) is 0 Å². The van der Waals surface area contributed by atoms with E-state index in [0.29, 0.717) is 34.0 Å². The molecule has 0 unspecified atom stereocenters. The van der Waals surface area contributed by atoms with E-state index in [1.165, 1.54) is 16.9 Å². The Morgan fingerprint density at radius 1 is 1.00 bits per heavy atom. The van der Waals surface area contributed by atoms with Gasteiger partial charge in [0.05, 0.1) is 15.0 Å². The van der Waals surface area contributed by atoms with Crippen molar-refractivity contribution in [2.24, 2.45) is 0 Å². The number of carbonyl (C=O) groups excluding carboxylic acids is 1. The number of nitrogens with zero attached hydrogens (tertiary/aromatic N) is 2. The predicted molar refractivity (Wildman–Crippen MR) is 127 cm³/mol. The standard InChI is InChI=1S/C24H21ClN2O3S/c1-14-3-6-20-17(11-14)22-18(24(29)30-20)13-21(31-22)23(28)27-9-7-26(8-10-27)19-12-16(25)5-4-15(19)2/h3-6,11-13H,7-10H2,1-2H3. The minimum Gasteiger partial charge on any atom is -0.422 e. The average Bonchev–Trinajstić information content (AvgIpc) is 3.22. The number of halogens is 1. The maximum absolute atomic E-state index is 13.2. The highest BCUT2D eigenvalue weighted by molar-refractivity contribution is 7.21. The smallest absolute Gasteiger partial charge is 0.345 e. The van der Waals surface area contributed by atoms with E-state index in [9.17, 15) is 9.59 Å². The molecule has 0 spiro atoms. The highest BCUT2D eigenvalue weighted by Gasteiger charge is 2.25. The number of piperazine rings is 1. The van der Waals surface area contributed by atoms with Gasteiger partial charge in [0.1, 0.15) is 5.58 Å². The summed E-state index contributed by atoms with van der Waals surface area (Å²) in [6, 6.07) is 13.3. The molecular weight excluding hydrogens is 432 g/mol. The third-order valence-corrected chi connectivity index (χ3v) is 7.22. The first-order valence-corrected chi connectivity index (χ1v) is 11.4. The molecule has 1 fully saturated rings. The van der Waals surface area contributed by atoms with E-state index < -0.39 is 5.63 Å². The zero-order chi connectivity index (χ0) is 21.7. The van der Waals surface area contributed by atoms with Gasteiger partial charge in [-0.2, -0.15) is 0 Å². The second-order valence-electron chi connectivity index (χ2n) is 7.95. The van der Waals surface area contributed by atoms with Crippen LogP contribution in [0.4, 0.5) is 5.69 Å². The van der Waals surface area contributed by atoms with Crippen LogP contribution in [0.1, 0.15) is 20.8 Å². The Balaban J connectivity index is 1.41. The number of fused-ring (bicyclic) bond motifs is 3. The normalized spacial score (nSPS) is 14.5. The first kappa shape index (κ1) is 20.1. The van der Waals surface area contributed by atoms with Gasteiger partial charge in [0.25, 0.3) is 5.91 Å². The molecule has 1 aliphatic heterocycles. The molecule has 5 nitrogen and oxygen atoms in total. The van der Waals surface area contributed by atoms with Crippen LogP contribution in [0.15, 0.2) is 51.7 Å². The van der Waals surface area contributed by atoms with Gasteiger partial charge < -0.3 is 14.2 Å². The minimum atomic E-state index is -0.400.